The van der Waals surface area contributed by atoms with Gasteiger partial charge in [0.15, 0.2) is 0 Å². The number of hydrogen-bond donors (Lipinski definition) is 0. The Labute approximate surface area is 137 Å². The number of rotatable bonds is 2. The van der Waals surface area contributed by atoms with Crippen LogP contribution < -0.4 is 0 Å². The van der Waals surface area contributed by atoms with E-state index in [1.54, 1.807) is 0 Å². The first-order chi connectivity index (χ1) is 9.85. The molecule has 2 unspecified atom stereocenters. The average Bonchev–Trinajstić information content (AvgIpc) is 3.11. The Morgan fingerprint density at radius 1 is 1.14 bits per heavy atom. The molecule has 4 aliphatic carbocycles. The summed E-state index contributed by atoms with van der Waals surface area (Å²) in [5.41, 5.74) is 1.22. The van der Waals surface area contributed by atoms with Crippen LogP contribution >= 0.6 is 0 Å². The summed E-state index contributed by atoms with van der Waals surface area (Å²) in [6.07, 6.45) is 6.76. The fourth-order valence-electron chi connectivity index (χ4n) is 5.29. The van der Waals surface area contributed by atoms with E-state index >= 15 is 0 Å². The Morgan fingerprint density at radius 2 is 1.95 bits per heavy atom. The first-order valence-corrected chi connectivity index (χ1v) is 7.61. The van der Waals surface area contributed by atoms with Gasteiger partial charge in [-0.05, 0) is 55.1 Å². The summed E-state index contributed by atoms with van der Waals surface area (Å²) in [7, 11) is 0. The summed E-state index contributed by atoms with van der Waals surface area (Å²) in [5, 5.41) is 12.7. The van der Waals surface area contributed by atoms with E-state index in [1.165, 1.54) is 32.1 Å². The van der Waals surface area contributed by atoms with Gasteiger partial charge in [0.2, 0.25) is 0 Å². The molecule has 4 bridgehead atoms. The van der Waals surface area contributed by atoms with Crippen molar-refractivity contribution in [3.63, 3.8) is 0 Å². The molecule has 1 aromatic carbocycles. The van der Waals surface area contributed by atoms with Crippen molar-refractivity contribution in [2.24, 2.45) is 17.8 Å². The van der Waals surface area contributed by atoms with Crippen LogP contribution in [0.5, 0.6) is 0 Å². The van der Waals surface area contributed by atoms with E-state index in [0.717, 1.165) is 29.1 Å². The molecule has 0 saturated heterocycles. The van der Waals surface area contributed by atoms with Gasteiger partial charge >= 0.3 is 0 Å². The molecular weight excluding hydrogens is 440 g/mol. The fourth-order valence-corrected chi connectivity index (χ4v) is 5.29. The van der Waals surface area contributed by atoms with Crippen LogP contribution in [-0.2, 0) is 25.6 Å². The molecule has 0 aliphatic heterocycles. The van der Waals surface area contributed by atoms with E-state index in [0.29, 0.717) is 0 Å². The molecule has 5 heteroatoms. The molecule has 0 spiro atoms. The smallest absolute Gasteiger partial charge is 0.0991 e. The molecule has 0 N–H and O–H groups in total. The van der Waals surface area contributed by atoms with Crippen molar-refractivity contribution in [2.75, 3.05) is 0 Å². The van der Waals surface area contributed by atoms with Gasteiger partial charge in [0.05, 0.1) is 11.4 Å². The summed E-state index contributed by atoms with van der Waals surface area (Å²) < 4.78 is 2.16. The van der Waals surface area contributed by atoms with Crippen molar-refractivity contribution < 1.29 is 20.1 Å². The van der Waals surface area contributed by atoms with E-state index in [1.807, 2.05) is 18.2 Å². The largest absolute Gasteiger partial charge is 0.259 e. The monoisotopic (exact) mass is 458 g/mol. The van der Waals surface area contributed by atoms with Gasteiger partial charge in [0, 0.05) is 20.1 Å². The summed E-state index contributed by atoms with van der Waals surface area (Å²) in [5.74, 6) is 3.50. The Balaban J connectivity index is 0.00000115. The van der Waals surface area contributed by atoms with E-state index in [-0.39, 0.29) is 25.6 Å². The van der Waals surface area contributed by atoms with Crippen LogP contribution in [0, 0.1) is 23.8 Å². The van der Waals surface area contributed by atoms with Gasteiger partial charge in [-0.2, -0.15) is 5.10 Å². The zero-order valence-electron chi connectivity index (χ0n) is 11.7. The van der Waals surface area contributed by atoms with Crippen LogP contribution in [0.1, 0.15) is 32.1 Å². The molecule has 2 aromatic rings. The molecule has 4 fully saturated rings. The van der Waals surface area contributed by atoms with Crippen molar-refractivity contribution in [3.05, 3.63) is 30.3 Å². The summed E-state index contributed by atoms with van der Waals surface area (Å²) in [6.45, 7) is 0. The summed E-state index contributed by atoms with van der Waals surface area (Å²) in [6, 6.07) is 11.3. The molecule has 4 aliphatic rings. The second-order valence-electron chi connectivity index (χ2n) is 6.84. The van der Waals surface area contributed by atoms with Crippen molar-refractivity contribution >= 4 is 0 Å². The Hall–Kier alpha value is -1.06. The average molecular weight is 458 g/mol. The van der Waals surface area contributed by atoms with Crippen molar-refractivity contribution in [1.29, 1.82) is 0 Å². The minimum absolute atomic E-state index is 0. The molecular formula is C16H17IrN4-. The SMILES string of the molecule is [Ir].[c-]1ccccc1-c1nnnn1C12CC3CC(CC1C3)C2. The molecule has 21 heavy (non-hydrogen) atoms. The molecule has 111 valence electrons. The number of nitrogens with zero attached hydrogens (tertiary/aromatic N) is 4. The first-order valence-electron chi connectivity index (χ1n) is 7.61. The van der Waals surface area contributed by atoms with Crippen LogP contribution in [-0.4, -0.2) is 20.2 Å². The zero-order chi connectivity index (χ0) is 13.2. The third-order valence-electron chi connectivity index (χ3n) is 5.79. The van der Waals surface area contributed by atoms with Gasteiger partial charge in [-0.15, -0.1) is 35.9 Å². The number of tetrazole rings is 1. The minimum atomic E-state index is 0. The molecule has 0 amide bonds. The molecule has 4 nitrogen and oxygen atoms in total. The number of hydrogen-bond acceptors (Lipinski definition) is 3. The standard InChI is InChI=1S/C16H17N4.Ir/c1-2-4-13(5-3-1)15-17-18-19-20(15)16-9-11-6-12(10-16)8-14(16)7-11;/h1-4,11-12,14H,6-10H2;/q-1;. The van der Waals surface area contributed by atoms with Crippen LogP contribution in [0.2, 0.25) is 0 Å². The Morgan fingerprint density at radius 3 is 2.67 bits per heavy atom. The third kappa shape index (κ3) is 1.80. The van der Waals surface area contributed by atoms with Crippen LogP contribution in [0.25, 0.3) is 11.4 Å². The number of aromatic nitrogens is 4. The maximum Gasteiger partial charge on any atom is 0.0991 e. The van der Waals surface area contributed by atoms with E-state index in [9.17, 15) is 0 Å². The number of benzene rings is 1. The fraction of sp³-hybridized carbons (Fsp3) is 0.562. The van der Waals surface area contributed by atoms with Gasteiger partial charge in [0.1, 0.15) is 0 Å². The topological polar surface area (TPSA) is 43.6 Å². The van der Waals surface area contributed by atoms with Crippen molar-refractivity contribution in [2.45, 2.75) is 37.6 Å². The predicted molar refractivity (Wildman–Crippen MR) is 73.6 cm³/mol. The van der Waals surface area contributed by atoms with Crippen LogP contribution in [0.4, 0.5) is 0 Å². The Bertz CT molecular complexity index is 639. The minimum Gasteiger partial charge on any atom is -0.259 e. The van der Waals surface area contributed by atoms with Crippen molar-refractivity contribution in [1.82, 2.24) is 20.2 Å². The molecule has 4 saturated carbocycles. The molecule has 6 rings (SSSR count). The molecule has 1 heterocycles. The van der Waals surface area contributed by atoms with Crippen LogP contribution in [0.15, 0.2) is 24.3 Å². The normalized spacial score (nSPS) is 35.9. The van der Waals surface area contributed by atoms with E-state index < -0.39 is 0 Å². The van der Waals surface area contributed by atoms with E-state index in [4.69, 9.17) is 0 Å². The van der Waals surface area contributed by atoms with Gasteiger partial charge in [-0.3, -0.25) is 4.68 Å². The van der Waals surface area contributed by atoms with Gasteiger partial charge in [-0.1, -0.05) is 5.21 Å². The molecule has 1 radical (unpaired) electrons. The quantitative estimate of drug-likeness (QED) is 0.652. The molecule has 2 atom stereocenters. The third-order valence-corrected chi connectivity index (χ3v) is 5.79. The van der Waals surface area contributed by atoms with Crippen molar-refractivity contribution in [3.8, 4) is 11.4 Å². The van der Waals surface area contributed by atoms with Gasteiger partial charge in [0.25, 0.3) is 0 Å². The summed E-state index contributed by atoms with van der Waals surface area (Å²) in [4.78, 5) is 0. The van der Waals surface area contributed by atoms with Gasteiger partial charge < -0.3 is 0 Å². The van der Waals surface area contributed by atoms with Crippen LogP contribution in [0.3, 0.4) is 0 Å². The zero-order valence-corrected chi connectivity index (χ0v) is 14.1. The Kier molecular flexibility index (Phi) is 3.05. The first kappa shape index (κ1) is 13.6. The second kappa shape index (κ2) is 4.72. The molecule has 1 aromatic heterocycles. The maximum absolute atomic E-state index is 4.40. The van der Waals surface area contributed by atoms with Gasteiger partial charge in [-0.25, -0.2) is 0 Å². The second-order valence-corrected chi connectivity index (χ2v) is 6.84. The van der Waals surface area contributed by atoms with E-state index in [2.05, 4.69) is 32.3 Å². The summed E-state index contributed by atoms with van der Waals surface area (Å²) >= 11 is 0. The predicted octanol–water partition coefficient (Wildman–Crippen LogP) is 2.67. The maximum atomic E-state index is 4.40.